The predicted molar refractivity (Wildman–Crippen MR) is 94.0 cm³/mol. The molecule has 1 aliphatic heterocycles. The molecule has 0 saturated carbocycles. The van der Waals surface area contributed by atoms with E-state index in [2.05, 4.69) is 46.5 Å². The van der Waals surface area contributed by atoms with Gasteiger partial charge in [0.25, 0.3) is 0 Å². The zero-order valence-electron chi connectivity index (χ0n) is 12.7. The van der Waals surface area contributed by atoms with Crippen LogP contribution in [0.4, 0.5) is 0 Å². The summed E-state index contributed by atoms with van der Waals surface area (Å²) in [5.41, 5.74) is 3.66. The van der Waals surface area contributed by atoms with Crippen LogP contribution >= 0.6 is 23.1 Å². The van der Waals surface area contributed by atoms with Crippen molar-refractivity contribution >= 4 is 33.3 Å². The lowest BCUT2D eigenvalue weighted by Gasteiger charge is -2.09. The van der Waals surface area contributed by atoms with E-state index < -0.39 is 0 Å². The molecule has 118 valence electrons. The number of fused-ring (bicyclic) bond motifs is 1. The van der Waals surface area contributed by atoms with Crippen LogP contribution in [0, 0.1) is 6.92 Å². The van der Waals surface area contributed by atoms with Crippen LogP contribution in [0.2, 0.25) is 0 Å². The molecule has 0 bridgehead atoms. The lowest BCUT2D eigenvalue weighted by molar-refractivity contribution is -0.0214. The summed E-state index contributed by atoms with van der Waals surface area (Å²) in [6.07, 6.45) is 1.50. The zero-order valence-corrected chi connectivity index (χ0v) is 14.3. The van der Waals surface area contributed by atoms with Crippen LogP contribution in [-0.2, 0) is 9.47 Å². The van der Waals surface area contributed by atoms with Crippen molar-refractivity contribution in [2.45, 2.75) is 18.2 Å². The second-order valence-corrected chi connectivity index (χ2v) is 7.22. The molecule has 4 nitrogen and oxygen atoms in total. The molecule has 0 amide bonds. The Bertz CT molecular complexity index is 811. The van der Waals surface area contributed by atoms with Crippen molar-refractivity contribution in [2.24, 2.45) is 0 Å². The summed E-state index contributed by atoms with van der Waals surface area (Å²) in [4.78, 5) is 9.93. The number of thiophene rings is 1. The summed E-state index contributed by atoms with van der Waals surface area (Å²) in [6, 6.07) is 8.58. The molecule has 3 aromatic rings. The largest absolute Gasteiger partial charge is 0.349 e. The van der Waals surface area contributed by atoms with Crippen LogP contribution in [0.15, 0.2) is 41.0 Å². The number of benzene rings is 1. The Morgan fingerprint density at radius 3 is 2.74 bits per heavy atom. The Labute approximate surface area is 142 Å². The molecule has 6 heteroatoms. The summed E-state index contributed by atoms with van der Waals surface area (Å²) in [5, 5.41) is 4.28. The van der Waals surface area contributed by atoms with E-state index in [1.165, 1.54) is 16.7 Å². The number of nitrogens with zero attached hydrogens (tertiary/aromatic N) is 2. The first-order valence-electron chi connectivity index (χ1n) is 7.46. The first-order valence-corrected chi connectivity index (χ1v) is 9.33. The molecule has 0 aliphatic carbocycles. The highest BCUT2D eigenvalue weighted by atomic mass is 32.2. The SMILES string of the molecule is Cc1ccc(-c2csc3ncnc(SCC4OCCO4)c23)cc1. The smallest absolute Gasteiger partial charge is 0.167 e. The Balaban J connectivity index is 1.69. The molecule has 23 heavy (non-hydrogen) atoms. The lowest BCUT2D eigenvalue weighted by atomic mass is 10.1. The van der Waals surface area contributed by atoms with E-state index >= 15 is 0 Å². The van der Waals surface area contributed by atoms with Crippen LogP contribution in [0.3, 0.4) is 0 Å². The van der Waals surface area contributed by atoms with Crippen molar-refractivity contribution < 1.29 is 9.47 Å². The molecule has 0 unspecified atom stereocenters. The van der Waals surface area contributed by atoms with Crippen molar-refractivity contribution in [3.8, 4) is 11.1 Å². The van der Waals surface area contributed by atoms with Crippen LogP contribution in [0.5, 0.6) is 0 Å². The fraction of sp³-hybridized carbons (Fsp3) is 0.294. The summed E-state index contributed by atoms with van der Waals surface area (Å²) in [5.74, 6) is 0.745. The molecule has 3 heterocycles. The van der Waals surface area contributed by atoms with Gasteiger partial charge in [-0.1, -0.05) is 29.8 Å². The van der Waals surface area contributed by atoms with Crippen molar-refractivity contribution in [1.82, 2.24) is 9.97 Å². The van der Waals surface area contributed by atoms with Gasteiger partial charge < -0.3 is 9.47 Å². The quantitative estimate of drug-likeness (QED) is 0.526. The van der Waals surface area contributed by atoms with E-state index in [1.807, 2.05) is 0 Å². The van der Waals surface area contributed by atoms with Crippen LogP contribution in [0.25, 0.3) is 21.3 Å². The molecule has 2 aromatic heterocycles. The van der Waals surface area contributed by atoms with E-state index in [9.17, 15) is 0 Å². The molecule has 1 aliphatic rings. The highest BCUT2D eigenvalue weighted by molar-refractivity contribution is 7.99. The third kappa shape index (κ3) is 3.12. The Morgan fingerprint density at radius 1 is 1.17 bits per heavy atom. The average Bonchev–Trinajstić information content (AvgIpc) is 3.23. The predicted octanol–water partition coefficient (Wildman–Crippen LogP) is 4.13. The number of rotatable bonds is 4. The molecule has 0 radical (unpaired) electrons. The monoisotopic (exact) mass is 344 g/mol. The van der Waals surface area contributed by atoms with Crippen LogP contribution in [-0.4, -0.2) is 35.2 Å². The molecule has 0 atom stereocenters. The summed E-state index contributed by atoms with van der Waals surface area (Å²) >= 11 is 3.33. The topological polar surface area (TPSA) is 44.2 Å². The van der Waals surface area contributed by atoms with Crippen molar-refractivity contribution in [3.63, 3.8) is 0 Å². The van der Waals surface area contributed by atoms with E-state index in [0.717, 1.165) is 21.0 Å². The number of thioether (sulfide) groups is 1. The van der Waals surface area contributed by atoms with Gasteiger partial charge in [-0.2, -0.15) is 0 Å². The van der Waals surface area contributed by atoms with Crippen LogP contribution in [0.1, 0.15) is 5.56 Å². The number of hydrogen-bond donors (Lipinski definition) is 0. The molecule has 1 aromatic carbocycles. The third-order valence-corrected chi connectivity index (χ3v) is 5.65. The molecule has 0 N–H and O–H groups in total. The van der Waals surface area contributed by atoms with Crippen molar-refractivity contribution in [1.29, 1.82) is 0 Å². The number of aryl methyl sites for hydroxylation is 1. The Morgan fingerprint density at radius 2 is 1.96 bits per heavy atom. The Hall–Kier alpha value is -1.47. The molecule has 1 fully saturated rings. The number of aromatic nitrogens is 2. The fourth-order valence-electron chi connectivity index (χ4n) is 2.55. The first-order chi connectivity index (χ1) is 11.3. The van der Waals surface area contributed by atoms with Crippen molar-refractivity contribution in [2.75, 3.05) is 19.0 Å². The zero-order chi connectivity index (χ0) is 15.6. The minimum absolute atomic E-state index is 0.133. The molecule has 1 saturated heterocycles. The van der Waals surface area contributed by atoms with Gasteiger partial charge in [-0.25, -0.2) is 9.97 Å². The standard InChI is InChI=1S/C17H16N2O2S2/c1-11-2-4-12(5-3-11)13-8-22-16-15(13)17(19-10-18-16)23-9-14-20-6-7-21-14/h2-5,8,10,14H,6-7,9H2,1H3. The maximum absolute atomic E-state index is 5.51. The summed E-state index contributed by atoms with van der Waals surface area (Å²) < 4.78 is 11.0. The lowest BCUT2D eigenvalue weighted by Crippen LogP contribution is -2.10. The van der Waals surface area contributed by atoms with E-state index in [-0.39, 0.29) is 6.29 Å². The fourth-order valence-corrected chi connectivity index (χ4v) is 4.49. The van der Waals surface area contributed by atoms with Gasteiger partial charge in [-0.05, 0) is 12.5 Å². The Kier molecular flexibility index (Phi) is 4.31. The molecular formula is C17H16N2O2S2. The maximum Gasteiger partial charge on any atom is 0.167 e. The van der Waals surface area contributed by atoms with Gasteiger partial charge in [-0.15, -0.1) is 23.1 Å². The van der Waals surface area contributed by atoms with Gasteiger partial charge in [0.1, 0.15) is 16.2 Å². The maximum atomic E-state index is 5.51. The number of hydrogen-bond acceptors (Lipinski definition) is 6. The van der Waals surface area contributed by atoms with E-state index in [0.29, 0.717) is 13.2 Å². The first kappa shape index (κ1) is 15.1. The summed E-state index contributed by atoms with van der Waals surface area (Å²) in [6.45, 7) is 3.45. The third-order valence-electron chi connectivity index (χ3n) is 3.74. The second-order valence-electron chi connectivity index (χ2n) is 5.36. The second kappa shape index (κ2) is 6.57. The highest BCUT2D eigenvalue weighted by Gasteiger charge is 2.19. The van der Waals surface area contributed by atoms with Gasteiger partial charge in [0, 0.05) is 10.9 Å². The van der Waals surface area contributed by atoms with Gasteiger partial charge in [0.05, 0.1) is 24.4 Å². The van der Waals surface area contributed by atoms with Gasteiger partial charge in [0.15, 0.2) is 6.29 Å². The number of ether oxygens (including phenoxy) is 2. The summed E-state index contributed by atoms with van der Waals surface area (Å²) in [7, 11) is 0. The van der Waals surface area contributed by atoms with Gasteiger partial charge >= 0.3 is 0 Å². The molecular weight excluding hydrogens is 328 g/mol. The average molecular weight is 344 g/mol. The van der Waals surface area contributed by atoms with Crippen molar-refractivity contribution in [3.05, 3.63) is 41.5 Å². The van der Waals surface area contributed by atoms with E-state index in [4.69, 9.17) is 9.47 Å². The van der Waals surface area contributed by atoms with E-state index in [1.54, 1.807) is 29.4 Å². The van der Waals surface area contributed by atoms with Gasteiger partial charge in [0.2, 0.25) is 0 Å². The minimum Gasteiger partial charge on any atom is -0.349 e. The van der Waals surface area contributed by atoms with Crippen LogP contribution < -0.4 is 0 Å². The molecule has 0 spiro atoms. The molecule has 4 rings (SSSR count). The minimum atomic E-state index is -0.133. The van der Waals surface area contributed by atoms with Gasteiger partial charge in [-0.3, -0.25) is 0 Å². The normalized spacial score (nSPS) is 15.5. The highest BCUT2D eigenvalue weighted by Crippen LogP contribution is 2.38.